The number of carbonyl (C=O) groups excluding carboxylic acids is 1. The van der Waals surface area contributed by atoms with Gasteiger partial charge in [-0.25, -0.2) is 4.98 Å². The Hall–Kier alpha value is -4.21. The van der Waals surface area contributed by atoms with Gasteiger partial charge in [0, 0.05) is 41.6 Å². The molecule has 1 amide bonds. The number of aryl methyl sites for hydroxylation is 1. The number of aromatic nitrogens is 2. The lowest BCUT2D eigenvalue weighted by atomic mass is 10.0. The minimum atomic E-state index is -1.23. The van der Waals surface area contributed by atoms with Crippen LogP contribution in [0.5, 0.6) is 11.5 Å². The zero-order valence-electron chi connectivity index (χ0n) is 24.7. The van der Waals surface area contributed by atoms with E-state index in [1.165, 1.54) is 6.08 Å². The van der Waals surface area contributed by atoms with E-state index in [1.807, 2.05) is 41.0 Å². The molecule has 43 heavy (non-hydrogen) atoms. The molecule has 0 aliphatic rings. The highest BCUT2D eigenvalue weighted by atomic mass is 32.2. The monoisotopic (exact) mass is 601 g/mol. The minimum absolute atomic E-state index is 0.0722. The van der Waals surface area contributed by atoms with Crippen LogP contribution in [-0.4, -0.2) is 44.6 Å². The molecule has 226 valence electrons. The number of benzene rings is 3. The summed E-state index contributed by atoms with van der Waals surface area (Å²) in [6.07, 6.45) is 9.60. The Morgan fingerprint density at radius 1 is 0.977 bits per heavy atom. The summed E-state index contributed by atoms with van der Waals surface area (Å²) in [7, 11) is -1.23. The second-order valence-electron chi connectivity index (χ2n) is 10.0. The number of amides is 1. The Morgan fingerprint density at radius 3 is 2.49 bits per heavy atom. The van der Waals surface area contributed by atoms with E-state index in [-0.39, 0.29) is 11.7 Å². The molecule has 0 fully saturated rings. The minimum Gasteiger partial charge on any atom is -0.507 e. The molecule has 3 aromatic carbocycles. The summed E-state index contributed by atoms with van der Waals surface area (Å²) >= 11 is 0. The van der Waals surface area contributed by atoms with Crippen molar-refractivity contribution in [2.75, 3.05) is 25.1 Å². The molecule has 0 bridgehead atoms. The first kappa shape index (κ1) is 31.7. The standard InChI is InChI=1S/C34H39N3O5S/c1-3-5-19-41-20-21-42-31-12-6-26(7-13-31)27-8-16-33(38)28(22-27)9-17-34(39)36-29-10-14-32(15-11-29)43(40)24-30-23-35-25-37(30)18-4-2/h6-17,22-23,25,38H,3-5,18-21,24H2,1-2H3,(H,36,39)/b17-9+. The van der Waals surface area contributed by atoms with Gasteiger partial charge in [0.1, 0.15) is 18.1 Å². The summed E-state index contributed by atoms with van der Waals surface area (Å²) in [5.74, 6) is 0.867. The summed E-state index contributed by atoms with van der Waals surface area (Å²) in [6.45, 7) is 6.87. The Labute approximate surface area is 255 Å². The van der Waals surface area contributed by atoms with Crippen molar-refractivity contribution in [3.8, 4) is 22.6 Å². The van der Waals surface area contributed by atoms with Crippen LogP contribution in [0.3, 0.4) is 0 Å². The van der Waals surface area contributed by atoms with E-state index in [1.54, 1.807) is 48.9 Å². The highest BCUT2D eigenvalue weighted by Crippen LogP contribution is 2.28. The van der Waals surface area contributed by atoms with E-state index in [2.05, 4.69) is 24.1 Å². The fourth-order valence-corrected chi connectivity index (χ4v) is 5.46. The van der Waals surface area contributed by atoms with Gasteiger partial charge in [-0.2, -0.15) is 0 Å². The van der Waals surface area contributed by atoms with Crippen LogP contribution in [0.15, 0.2) is 90.2 Å². The summed E-state index contributed by atoms with van der Waals surface area (Å²) < 4.78 is 26.2. The van der Waals surface area contributed by atoms with Crippen LogP contribution in [-0.2, 0) is 32.6 Å². The van der Waals surface area contributed by atoms with E-state index < -0.39 is 10.8 Å². The maximum absolute atomic E-state index is 12.9. The van der Waals surface area contributed by atoms with Gasteiger partial charge in [-0.15, -0.1) is 0 Å². The van der Waals surface area contributed by atoms with Crippen molar-refractivity contribution in [2.45, 2.75) is 50.3 Å². The largest absolute Gasteiger partial charge is 0.507 e. The highest BCUT2D eigenvalue weighted by molar-refractivity contribution is 7.84. The summed E-state index contributed by atoms with van der Waals surface area (Å²) in [4.78, 5) is 17.5. The molecule has 8 nitrogen and oxygen atoms in total. The number of unbranched alkanes of at least 4 members (excludes halogenated alkanes) is 1. The summed E-state index contributed by atoms with van der Waals surface area (Å²) in [5, 5.41) is 13.2. The van der Waals surface area contributed by atoms with Crippen molar-refractivity contribution in [3.05, 3.63) is 96.6 Å². The second kappa shape index (κ2) is 16.4. The third-order valence-corrected chi connectivity index (χ3v) is 8.05. The molecule has 0 aliphatic carbocycles. The van der Waals surface area contributed by atoms with Gasteiger partial charge in [-0.3, -0.25) is 9.00 Å². The first-order valence-corrected chi connectivity index (χ1v) is 15.9. The fourth-order valence-electron chi connectivity index (χ4n) is 4.35. The van der Waals surface area contributed by atoms with Crippen molar-refractivity contribution in [3.63, 3.8) is 0 Å². The van der Waals surface area contributed by atoms with Crippen LogP contribution in [0.1, 0.15) is 44.4 Å². The maximum atomic E-state index is 12.9. The number of phenolic OH excluding ortho intramolecular Hbond substituents is 1. The Bertz CT molecular complexity index is 1510. The Morgan fingerprint density at radius 2 is 1.74 bits per heavy atom. The first-order chi connectivity index (χ1) is 21.0. The summed E-state index contributed by atoms with van der Waals surface area (Å²) in [6, 6.07) is 19.9. The number of nitrogens with one attached hydrogen (secondary N) is 1. The number of hydrogen-bond donors (Lipinski definition) is 2. The molecular weight excluding hydrogens is 562 g/mol. The normalized spacial score (nSPS) is 12.0. The lowest BCUT2D eigenvalue weighted by Gasteiger charge is -2.09. The molecule has 0 saturated carbocycles. The number of nitrogens with zero attached hydrogens (tertiary/aromatic N) is 2. The molecule has 1 heterocycles. The molecule has 0 radical (unpaired) electrons. The van der Waals surface area contributed by atoms with Crippen molar-refractivity contribution < 1.29 is 23.6 Å². The second-order valence-corrected chi connectivity index (χ2v) is 11.5. The van der Waals surface area contributed by atoms with Crippen LogP contribution in [0.2, 0.25) is 0 Å². The zero-order chi connectivity index (χ0) is 30.4. The Kier molecular flexibility index (Phi) is 12.1. The number of phenols is 1. The number of anilines is 1. The number of imidazole rings is 1. The van der Waals surface area contributed by atoms with Crippen molar-refractivity contribution >= 4 is 28.5 Å². The van der Waals surface area contributed by atoms with Gasteiger partial charge >= 0.3 is 0 Å². The molecule has 0 saturated heterocycles. The average Bonchev–Trinajstić information content (AvgIpc) is 3.45. The van der Waals surface area contributed by atoms with Crippen LogP contribution in [0.25, 0.3) is 17.2 Å². The summed E-state index contributed by atoms with van der Waals surface area (Å²) in [5.41, 5.74) is 3.89. The lowest BCUT2D eigenvalue weighted by molar-refractivity contribution is -0.111. The third kappa shape index (κ3) is 9.66. The van der Waals surface area contributed by atoms with E-state index in [0.717, 1.165) is 55.0 Å². The number of rotatable bonds is 16. The van der Waals surface area contributed by atoms with Gasteiger partial charge in [0.25, 0.3) is 0 Å². The number of carbonyl (C=O) groups is 1. The molecule has 0 aliphatic heterocycles. The number of hydrogen-bond acceptors (Lipinski definition) is 6. The van der Waals surface area contributed by atoms with Gasteiger partial charge in [0.2, 0.25) is 5.91 Å². The predicted molar refractivity (Wildman–Crippen MR) is 172 cm³/mol. The quantitative estimate of drug-likeness (QED) is 0.108. The van der Waals surface area contributed by atoms with E-state index in [0.29, 0.717) is 35.1 Å². The molecule has 4 rings (SSSR count). The van der Waals surface area contributed by atoms with Gasteiger partial charge in [-0.1, -0.05) is 38.5 Å². The van der Waals surface area contributed by atoms with Crippen molar-refractivity contribution in [1.82, 2.24) is 9.55 Å². The SMILES string of the molecule is CCCCOCCOc1ccc(-c2ccc(O)c(/C=C/C(=O)Nc3ccc(S(=O)Cc4cncn4CCC)cc3)c2)cc1. The highest BCUT2D eigenvalue weighted by Gasteiger charge is 2.10. The molecule has 9 heteroatoms. The first-order valence-electron chi connectivity index (χ1n) is 14.6. The number of aromatic hydroxyl groups is 1. The van der Waals surface area contributed by atoms with Crippen LogP contribution in [0.4, 0.5) is 5.69 Å². The fraction of sp³-hybridized carbons (Fsp3) is 0.294. The average molecular weight is 602 g/mol. The van der Waals surface area contributed by atoms with Gasteiger partial charge in [-0.05, 0) is 78.6 Å². The Balaban J connectivity index is 1.31. The topological polar surface area (TPSA) is 103 Å². The molecule has 0 spiro atoms. The van der Waals surface area contributed by atoms with Gasteiger partial charge in [0.05, 0.1) is 35.2 Å². The van der Waals surface area contributed by atoms with E-state index in [9.17, 15) is 14.1 Å². The molecule has 2 N–H and O–H groups in total. The van der Waals surface area contributed by atoms with Crippen molar-refractivity contribution in [1.29, 1.82) is 0 Å². The van der Waals surface area contributed by atoms with E-state index >= 15 is 0 Å². The molecule has 1 unspecified atom stereocenters. The van der Waals surface area contributed by atoms with Crippen molar-refractivity contribution in [2.24, 2.45) is 0 Å². The molecule has 4 aromatic rings. The predicted octanol–water partition coefficient (Wildman–Crippen LogP) is 6.82. The smallest absolute Gasteiger partial charge is 0.248 e. The zero-order valence-corrected chi connectivity index (χ0v) is 25.5. The van der Waals surface area contributed by atoms with E-state index in [4.69, 9.17) is 9.47 Å². The van der Waals surface area contributed by atoms with Gasteiger partial charge in [0.15, 0.2) is 0 Å². The van der Waals surface area contributed by atoms with Crippen LogP contribution < -0.4 is 10.1 Å². The molecule has 1 aromatic heterocycles. The van der Waals surface area contributed by atoms with Gasteiger partial charge < -0.3 is 24.5 Å². The van der Waals surface area contributed by atoms with Crippen LogP contribution >= 0.6 is 0 Å². The molecular formula is C34H39N3O5S. The number of ether oxygens (including phenoxy) is 2. The van der Waals surface area contributed by atoms with Crippen LogP contribution in [0, 0.1) is 0 Å². The maximum Gasteiger partial charge on any atom is 0.248 e. The lowest BCUT2D eigenvalue weighted by Crippen LogP contribution is -2.08. The molecule has 1 atom stereocenters. The third-order valence-electron chi connectivity index (χ3n) is 6.69.